The molecule has 2 heterocycles. The van der Waals surface area contributed by atoms with Crippen LogP contribution in [0, 0.1) is 42.7 Å². The van der Waals surface area contributed by atoms with Crippen LogP contribution in [-0.2, 0) is 27.9 Å². The topological polar surface area (TPSA) is 25.5 Å². The second-order valence-corrected chi connectivity index (χ2v) is 18.8. The molecule has 2 nitrogen and oxygen atoms in total. The van der Waals surface area contributed by atoms with Gasteiger partial charge in [0.25, 0.3) is 0 Å². The second kappa shape index (κ2) is 17.2. The summed E-state index contributed by atoms with van der Waals surface area (Å²) in [5, 5.41) is 10.6. The number of amidine groups is 1. The van der Waals surface area contributed by atoms with Crippen LogP contribution in [0.1, 0.15) is 111 Å². The summed E-state index contributed by atoms with van der Waals surface area (Å²) >= 11 is 1.62. The van der Waals surface area contributed by atoms with Crippen LogP contribution in [0.25, 0.3) is 10.3 Å². The van der Waals surface area contributed by atoms with Gasteiger partial charge in [0.15, 0.2) is 0 Å². The largest absolute Gasteiger partial charge is 0.468 e. The van der Waals surface area contributed by atoms with Crippen molar-refractivity contribution < 1.29 is 25.8 Å². The van der Waals surface area contributed by atoms with Gasteiger partial charge in [-0.3, -0.25) is 0 Å². The Morgan fingerprint density at radius 1 is 0.848 bits per heavy atom. The summed E-state index contributed by atoms with van der Waals surface area (Å²) in [5.74, 6) is 1.48. The summed E-state index contributed by atoms with van der Waals surface area (Å²) in [5.41, 5.74) is 6.09. The fourth-order valence-electron chi connectivity index (χ4n) is 6.83. The number of thioether (sulfide) groups is 1. The molecular formula is C38H54Cl2F2N2STi-2. The van der Waals surface area contributed by atoms with Gasteiger partial charge in [-0.2, -0.15) is 0 Å². The van der Waals surface area contributed by atoms with Crippen LogP contribution in [0.5, 0.6) is 0 Å². The molecular weight excluding hydrogens is 673 g/mol. The molecule has 0 bridgehead atoms. The average Bonchev–Trinajstić information content (AvgIpc) is 3.42. The molecule has 5 unspecified atom stereocenters. The van der Waals surface area contributed by atoms with Gasteiger partial charge in [-0.15, -0.1) is 11.8 Å². The Hall–Kier alpha value is -0.846. The molecule has 46 heavy (non-hydrogen) atoms. The van der Waals surface area contributed by atoms with Gasteiger partial charge in [-0.1, -0.05) is 117 Å². The first-order chi connectivity index (χ1) is 20.9. The number of allylic oxidation sites excluding steroid dienone is 1. The van der Waals surface area contributed by atoms with Crippen LogP contribution < -0.4 is 0 Å². The molecule has 0 aromatic heterocycles. The fourth-order valence-corrected chi connectivity index (χ4v) is 8.74. The minimum Gasteiger partial charge on any atom is -0.468 e. The number of nitrogens with zero attached hydrogens (tertiary/aromatic N) is 2. The van der Waals surface area contributed by atoms with E-state index in [9.17, 15) is 14.2 Å². The number of likely N-dealkylation sites (tertiary alicyclic amines) is 1. The smallest absolute Gasteiger partial charge is 0.133 e. The molecule has 2 aromatic rings. The Labute approximate surface area is 300 Å². The summed E-state index contributed by atoms with van der Waals surface area (Å²) in [6.07, 6.45) is 2.99. The summed E-state index contributed by atoms with van der Waals surface area (Å²) in [4.78, 5) is 3.20. The van der Waals surface area contributed by atoms with E-state index in [4.69, 9.17) is 18.6 Å². The minimum absolute atomic E-state index is 0. The van der Waals surface area contributed by atoms with Crippen molar-refractivity contribution in [3.63, 3.8) is 0 Å². The van der Waals surface area contributed by atoms with E-state index in [1.54, 1.807) is 15.4 Å². The molecule has 5 rings (SSSR count). The Balaban J connectivity index is 0.000000315. The van der Waals surface area contributed by atoms with Crippen LogP contribution in [0.2, 0.25) is 0 Å². The molecule has 2 aliphatic heterocycles. The Morgan fingerprint density at radius 3 is 1.76 bits per heavy atom. The van der Waals surface area contributed by atoms with E-state index < -0.39 is 28.7 Å². The van der Waals surface area contributed by atoms with Crippen molar-refractivity contribution in [2.75, 3.05) is 13.1 Å². The first-order valence-corrected chi connectivity index (χ1v) is 21.4. The van der Waals surface area contributed by atoms with E-state index >= 15 is 0 Å². The third-order valence-electron chi connectivity index (χ3n) is 9.98. The average molecular weight is 728 g/mol. The third kappa shape index (κ3) is 9.65. The zero-order valence-electron chi connectivity index (χ0n) is 29.7. The normalized spacial score (nSPS) is 24.2. The SMILES string of the molecule is CC1=C(c2cc(C(C)(C)C)cc(C(C)(C)C)c2)SC2C(C)C(C)C(C)C12.[CH3-].[Cl][Ti][Cl].[N-]=C(c1c(F)cccc1F)N1CCCCC1. The van der Waals surface area contributed by atoms with Gasteiger partial charge in [0.05, 0.1) is 0 Å². The van der Waals surface area contributed by atoms with Crippen molar-refractivity contribution in [1.29, 1.82) is 0 Å². The van der Waals surface area contributed by atoms with E-state index in [2.05, 4.69) is 99.2 Å². The molecule has 1 saturated heterocycles. The van der Waals surface area contributed by atoms with Crippen LogP contribution in [-0.4, -0.2) is 29.1 Å². The van der Waals surface area contributed by atoms with E-state index in [0.717, 1.165) is 60.3 Å². The number of hydrogen-bond donors (Lipinski definition) is 0. The molecule has 0 N–H and O–H groups in total. The van der Waals surface area contributed by atoms with E-state index in [0.29, 0.717) is 13.1 Å². The summed E-state index contributed by atoms with van der Waals surface area (Å²) in [6, 6.07) is 11.0. The number of fused-ring (bicyclic) bond motifs is 1. The fraction of sp³-hybridized carbons (Fsp3) is 0.579. The van der Waals surface area contributed by atoms with Gasteiger partial charge < -0.3 is 17.7 Å². The first-order valence-electron chi connectivity index (χ1n) is 16.2. The van der Waals surface area contributed by atoms with E-state index in [1.165, 1.54) is 22.8 Å². The predicted octanol–water partition coefficient (Wildman–Crippen LogP) is 12.3. The number of piperidine rings is 1. The Bertz CT molecular complexity index is 1310. The van der Waals surface area contributed by atoms with Gasteiger partial charge in [0, 0.05) is 15.7 Å². The van der Waals surface area contributed by atoms with Gasteiger partial charge >= 0.3 is 35.6 Å². The number of halogens is 4. The van der Waals surface area contributed by atoms with Gasteiger partial charge in [-0.05, 0) is 83.3 Å². The van der Waals surface area contributed by atoms with Crippen molar-refractivity contribution >= 4 is 41.1 Å². The van der Waals surface area contributed by atoms with Gasteiger partial charge in [-0.25, -0.2) is 8.78 Å². The molecule has 0 amide bonds. The maximum atomic E-state index is 13.4. The summed E-state index contributed by atoms with van der Waals surface area (Å²) < 4.78 is 26.8. The van der Waals surface area contributed by atoms with Gasteiger partial charge in [0.2, 0.25) is 0 Å². The first kappa shape index (κ1) is 41.3. The molecule has 2 aromatic carbocycles. The molecule has 0 spiro atoms. The number of hydrogen-bond acceptors (Lipinski definition) is 1. The maximum absolute atomic E-state index is 13.4. The van der Waals surface area contributed by atoms with E-state index in [1.807, 2.05) is 0 Å². The number of benzene rings is 2. The van der Waals surface area contributed by atoms with Crippen LogP contribution >= 0.6 is 30.4 Å². The molecule has 3 aliphatic rings. The molecule has 0 radical (unpaired) electrons. The van der Waals surface area contributed by atoms with Crippen LogP contribution in [0.3, 0.4) is 0 Å². The standard InChI is InChI=1S/C25H38S.C12H13F2N2.CH3.2ClH.Ti/c1-14-15(2)21-17(4)22(26-23(21)16(14)3)18-11-19(24(5,6)7)13-20(12-18)25(8,9)10;13-9-5-4-6-10(14)11(9)12(15)16-7-2-1-3-8-16;;;;/h11-16,21,23H,1-10H3;4-6H,1-3,7-8H2;1H3;2*1H;/q;2*-1;;;+2/p-2. The molecule has 256 valence electrons. The minimum atomic E-state index is -0.719. The zero-order valence-corrected chi connectivity index (χ0v) is 33.6. The molecule has 1 aliphatic carbocycles. The van der Waals surface area contributed by atoms with Crippen molar-refractivity contribution in [2.45, 2.75) is 105 Å². The zero-order chi connectivity index (χ0) is 33.9. The van der Waals surface area contributed by atoms with Crippen molar-refractivity contribution in [3.05, 3.63) is 88.7 Å². The Kier molecular flexibility index (Phi) is 15.4. The second-order valence-electron chi connectivity index (χ2n) is 15.0. The molecule has 2 fully saturated rings. The summed E-state index contributed by atoms with van der Waals surface area (Å²) in [6.45, 7) is 25.1. The van der Waals surface area contributed by atoms with Crippen LogP contribution in [0.4, 0.5) is 8.78 Å². The molecule has 5 atom stereocenters. The third-order valence-corrected chi connectivity index (χ3v) is 11.8. The predicted molar refractivity (Wildman–Crippen MR) is 196 cm³/mol. The van der Waals surface area contributed by atoms with Crippen LogP contribution in [0.15, 0.2) is 42.0 Å². The Morgan fingerprint density at radius 2 is 1.33 bits per heavy atom. The van der Waals surface area contributed by atoms with Crippen molar-refractivity contribution in [1.82, 2.24) is 4.90 Å². The number of rotatable bonds is 2. The van der Waals surface area contributed by atoms with Gasteiger partial charge in [0.1, 0.15) is 11.6 Å². The van der Waals surface area contributed by atoms with Crippen molar-refractivity contribution in [2.24, 2.45) is 23.7 Å². The maximum Gasteiger partial charge on any atom is 0.133 e. The summed E-state index contributed by atoms with van der Waals surface area (Å²) in [7, 11) is 9.78. The van der Waals surface area contributed by atoms with Crippen molar-refractivity contribution in [3.8, 4) is 0 Å². The molecule has 1 saturated carbocycles. The molecule has 8 heteroatoms. The monoisotopic (exact) mass is 726 g/mol. The quantitative estimate of drug-likeness (QED) is 0.133. The van der Waals surface area contributed by atoms with E-state index in [-0.39, 0.29) is 29.7 Å².